The number of hydrogen-bond donors (Lipinski definition) is 7. The summed E-state index contributed by atoms with van der Waals surface area (Å²) in [6, 6.07) is 0.741. The fourth-order valence-electron chi connectivity index (χ4n) is 9.15. The van der Waals surface area contributed by atoms with Crippen LogP contribution in [0.3, 0.4) is 0 Å². The number of hydrogen-bond acceptors (Lipinski definition) is 11. The van der Waals surface area contributed by atoms with Gasteiger partial charge in [0, 0.05) is 63.7 Å². The van der Waals surface area contributed by atoms with E-state index in [0.29, 0.717) is 56.8 Å². The number of ether oxygens (including phenoxy) is 2. The highest BCUT2D eigenvalue weighted by Crippen LogP contribution is 2.39. The molecule has 2 aliphatic carbocycles. The first-order valence-electron chi connectivity index (χ1n) is 17.7. The molecule has 0 aromatic rings. The molecule has 2 amide bonds. The summed E-state index contributed by atoms with van der Waals surface area (Å²) in [4.78, 5) is 29.6. The normalized spacial score (nSPS) is 42.7. The molecule has 0 radical (unpaired) electrons. The number of amides is 2. The summed E-state index contributed by atoms with van der Waals surface area (Å²) in [5.41, 5.74) is 0. The van der Waals surface area contributed by atoms with Crippen molar-refractivity contribution < 1.29 is 24.2 Å². The molecular formula is C32H56N8O5. The summed E-state index contributed by atoms with van der Waals surface area (Å²) in [7, 11) is 0. The Morgan fingerprint density at radius 2 is 1.89 bits per heavy atom. The zero-order valence-electron chi connectivity index (χ0n) is 27.1. The van der Waals surface area contributed by atoms with E-state index in [0.717, 1.165) is 44.7 Å². The van der Waals surface area contributed by atoms with Crippen molar-refractivity contribution in [2.45, 2.75) is 126 Å². The Morgan fingerprint density at radius 3 is 2.62 bits per heavy atom. The molecule has 13 nitrogen and oxygen atoms in total. The summed E-state index contributed by atoms with van der Waals surface area (Å²) in [6.07, 6.45) is 8.19. The molecule has 0 spiro atoms. The maximum Gasteiger partial charge on any atom is 0.237 e. The molecule has 10 unspecified atom stereocenters. The Labute approximate surface area is 267 Å². The number of piperidine rings is 2. The van der Waals surface area contributed by atoms with E-state index in [1.165, 1.54) is 19.3 Å². The number of aliphatic hydroxyl groups excluding tert-OH is 1. The SMILES string of the molecule is CC(=O)N1CC(NC2CC(C(=O)NC[C@@H](O)[C@@H]3CC4CCC(OCC5OCNC5C)CC4CN3)NC(N3CC4CCC3C4)N2)C1. The lowest BCUT2D eigenvalue weighted by molar-refractivity contribution is -0.133. The molecule has 2 saturated carbocycles. The van der Waals surface area contributed by atoms with Crippen molar-refractivity contribution in [1.29, 1.82) is 0 Å². The van der Waals surface area contributed by atoms with Crippen molar-refractivity contribution >= 4 is 11.8 Å². The van der Waals surface area contributed by atoms with E-state index in [1.807, 2.05) is 4.90 Å². The zero-order valence-corrected chi connectivity index (χ0v) is 27.1. The molecule has 7 aliphatic rings. The second-order valence-electron chi connectivity index (χ2n) is 15.1. The van der Waals surface area contributed by atoms with Crippen molar-refractivity contribution in [2.75, 3.05) is 46.1 Å². The van der Waals surface area contributed by atoms with Crippen molar-refractivity contribution in [2.24, 2.45) is 17.8 Å². The Kier molecular flexibility index (Phi) is 9.98. The number of nitrogens with one attached hydrogen (secondary N) is 6. The Bertz CT molecular complexity index is 1050. The molecule has 5 saturated heterocycles. The van der Waals surface area contributed by atoms with Gasteiger partial charge in [-0.05, 0) is 76.2 Å². The van der Waals surface area contributed by atoms with Gasteiger partial charge in [-0.25, -0.2) is 0 Å². The number of carbonyl (C=O) groups excluding carboxylic acids is 2. The van der Waals surface area contributed by atoms with Gasteiger partial charge in [0.25, 0.3) is 0 Å². The van der Waals surface area contributed by atoms with Crippen molar-refractivity contribution in [3.05, 3.63) is 0 Å². The van der Waals surface area contributed by atoms with Crippen LogP contribution in [-0.2, 0) is 19.1 Å². The van der Waals surface area contributed by atoms with E-state index in [9.17, 15) is 14.7 Å². The number of rotatable bonds is 10. The predicted octanol–water partition coefficient (Wildman–Crippen LogP) is -1.17. The third-order valence-corrected chi connectivity index (χ3v) is 12.1. The largest absolute Gasteiger partial charge is 0.390 e. The van der Waals surface area contributed by atoms with E-state index in [-0.39, 0.29) is 61.1 Å². The van der Waals surface area contributed by atoms with E-state index in [2.05, 4.69) is 43.7 Å². The molecule has 7 fully saturated rings. The van der Waals surface area contributed by atoms with Gasteiger partial charge in [0.1, 0.15) is 6.29 Å². The minimum absolute atomic E-state index is 0.0195. The molecule has 0 aromatic carbocycles. The lowest BCUT2D eigenvalue weighted by Gasteiger charge is -2.47. The van der Waals surface area contributed by atoms with Crippen LogP contribution in [0.4, 0.5) is 0 Å². The van der Waals surface area contributed by atoms with Crippen LogP contribution in [-0.4, -0.2) is 134 Å². The van der Waals surface area contributed by atoms with Gasteiger partial charge in [-0.3, -0.25) is 35.8 Å². The topological polar surface area (TPSA) is 151 Å². The van der Waals surface area contributed by atoms with Gasteiger partial charge in [-0.1, -0.05) is 0 Å². The summed E-state index contributed by atoms with van der Waals surface area (Å²) in [6.45, 7) is 8.60. The minimum atomic E-state index is -0.634. The Morgan fingerprint density at radius 1 is 1.02 bits per heavy atom. The van der Waals surface area contributed by atoms with Crippen LogP contribution in [0.5, 0.6) is 0 Å². The van der Waals surface area contributed by atoms with E-state index in [1.54, 1.807) is 6.92 Å². The molecule has 2 bridgehead atoms. The number of likely N-dealkylation sites (tertiary alicyclic amines) is 2. The summed E-state index contributed by atoms with van der Waals surface area (Å²) >= 11 is 0. The monoisotopic (exact) mass is 632 g/mol. The average Bonchev–Trinajstić information content (AvgIpc) is 3.77. The van der Waals surface area contributed by atoms with Crippen molar-refractivity contribution in [1.82, 2.24) is 41.7 Å². The fraction of sp³-hybridized carbons (Fsp3) is 0.938. The first-order chi connectivity index (χ1) is 21.8. The highest BCUT2D eigenvalue weighted by atomic mass is 16.5. The maximum absolute atomic E-state index is 13.5. The molecule has 12 atom stereocenters. The molecular weight excluding hydrogens is 576 g/mol. The summed E-state index contributed by atoms with van der Waals surface area (Å²) < 4.78 is 12.0. The van der Waals surface area contributed by atoms with Gasteiger partial charge in [0.05, 0.1) is 43.9 Å². The van der Waals surface area contributed by atoms with E-state index in [4.69, 9.17) is 9.47 Å². The Hall–Kier alpha value is -1.42. The van der Waals surface area contributed by atoms with Crippen LogP contribution >= 0.6 is 0 Å². The molecule has 254 valence electrons. The second-order valence-corrected chi connectivity index (χ2v) is 15.1. The molecule has 5 heterocycles. The van der Waals surface area contributed by atoms with Crippen LogP contribution in [0.2, 0.25) is 0 Å². The number of aliphatic hydroxyl groups is 1. The third kappa shape index (κ3) is 7.36. The first-order valence-corrected chi connectivity index (χ1v) is 17.7. The number of carbonyl (C=O) groups is 2. The van der Waals surface area contributed by atoms with Gasteiger partial charge in [0.2, 0.25) is 11.8 Å². The van der Waals surface area contributed by atoms with Gasteiger partial charge < -0.3 is 30.1 Å². The van der Waals surface area contributed by atoms with Crippen LogP contribution in [0.25, 0.3) is 0 Å². The van der Waals surface area contributed by atoms with Gasteiger partial charge >= 0.3 is 0 Å². The molecule has 5 aliphatic heterocycles. The van der Waals surface area contributed by atoms with Gasteiger partial charge in [-0.2, -0.15) is 0 Å². The smallest absolute Gasteiger partial charge is 0.237 e. The Balaban J connectivity index is 0.874. The lowest BCUT2D eigenvalue weighted by Crippen LogP contribution is -2.73. The molecule has 7 N–H and O–H groups in total. The van der Waals surface area contributed by atoms with E-state index >= 15 is 0 Å². The predicted molar refractivity (Wildman–Crippen MR) is 168 cm³/mol. The van der Waals surface area contributed by atoms with Crippen LogP contribution < -0.4 is 31.9 Å². The highest BCUT2D eigenvalue weighted by molar-refractivity contribution is 5.82. The molecule has 13 heteroatoms. The van der Waals surface area contributed by atoms with E-state index < -0.39 is 6.10 Å². The second kappa shape index (κ2) is 14.0. The standard InChI is InChI=1S/C32H56N8O5/c1-18-29(45-17-35-18)16-44-25-6-4-21-9-26(33-11-22(21)8-25)28(42)12-34-31(43)27-10-30(36-23-14-39(15-23)19(2)41)38-32(37-27)40-13-20-3-5-24(40)7-20/h18,20-30,32-33,35-38,42H,3-17H2,1-2H3,(H,34,43)/t18?,20?,21?,22?,24?,25?,26-,27?,28+,29?,30?,32?/m0/s1. The van der Waals surface area contributed by atoms with Crippen LogP contribution in [0.15, 0.2) is 0 Å². The van der Waals surface area contributed by atoms with Gasteiger partial charge in [-0.15, -0.1) is 0 Å². The lowest BCUT2D eigenvalue weighted by atomic mass is 9.72. The number of fused-ring (bicyclic) bond motifs is 3. The molecule has 7 rings (SSSR count). The van der Waals surface area contributed by atoms with Crippen molar-refractivity contribution in [3.8, 4) is 0 Å². The molecule has 0 aromatic heterocycles. The maximum atomic E-state index is 13.5. The summed E-state index contributed by atoms with van der Waals surface area (Å²) in [5.74, 6) is 1.93. The van der Waals surface area contributed by atoms with Crippen LogP contribution in [0.1, 0.15) is 65.2 Å². The zero-order chi connectivity index (χ0) is 31.1. The fourth-order valence-corrected chi connectivity index (χ4v) is 9.15. The van der Waals surface area contributed by atoms with Crippen LogP contribution in [0, 0.1) is 17.8 Å². The minimum Gasteiger partial charge on any atom is -0.390 e. The number of nitrogens with zero attached hydrogens (tertiary/aromatic N) is 2. The highest BCUT2D eigenvalue weighted by Gasteiger charge is 2.45. The molecule has 45 heavy (non-hydrogen) atoms. The first kappa shape index (κ1) is 32.1. The van der Waals surface area contributed by atoms with Crippen molar-refractivity contribution in [3.63, 3.8) is 0 Å². The summed E-state index contributed by atoms with van der Waals surface area (Å²) in [5, 5.41) is 32.1. The average molecular weight is 633 g/mol. The third-order valence-electron chi connectivity index (χ3n) is 12.1. The van der Waals surface area contributed by atoms with Gasteiger partial charge in [0.15, 0.2) is 0 Å². The quantitative estimate of drug-likeness (QED) is 0.156.